The second kappa shape index (κ2) is 9.15. The van der Waals surface area contributed by atoms with Gasteiger partial charge in [-0.2, -0.15) is 0 Å². The molecule has 0 atom stereocenters. The van der Waals surface area contributed by atoms with Crippen LogP contribution in [0.2, 0.25) is 0 Å². The summed E-state index contributed by atoms with van der Waals surface area (Å²) in [5, 5.41) is 2.95. The Morgan fingerprint density at radius 3 is 2.68 bits per heavy atom. The Balaban J connectivity index is 1.33. The summed E-state index contributed by atoms with van der Waals surface area (Å²) < 4.78 is 5.39. The van der Waals surface area contributed by atoms with E-state index in [-0.39, 0.29) is 6.03 Å². The number of anilines is 1. The molecule has 6 nitrogen and oxygen atoms in total. The third-order valence-corrected chi connectivity index (χ3v) is 5.25. The number of hydrogen-bond donors (Lipinski definition) is 1. The van der Waals surface area contributed by atoms with Gasteiger partial charge in [-0.05, 0) is 57.2 Å². The lowest BCUT2D eigenvalue weighted by atomic mass is 9.92. The lowest BCUT2D eigenvalue weighted by molar-refractivity contribution is 0.0363. The quantitative estimate of drug-likeness (QED) is 0.891. The van der Waals surface area contributed by atoms with Crippen LogP contribution in [0.15, 0.2) is 18.3 Å². The first-order valence-electron chi connectivity index (χ1n) is 9.49. The number of nitrogens with zero attached hydrogens (tertiary/aromatic N) is 3. The Morgan fingerprint density at radius 1 is 1.24 bits per heavy atom. The van der Waals surface area contributed by atoms with Gasteiger partial charge in [0.1, 0.15) is 0 Å². The van der Waals surface area contributed by atoms with Gasteiger partial charge < -0.3 is 15.0 Å². The predicted molar refractivity (Wildman–Crippen MR) is 98.8 cm³/mol. The van der Waals surface area contributed by atoms with Crippen molar-refractivity contribution < 1.29 is 9.53 Å². The van der Waals surface area contributed by atoms with Gasteiger partial charge >= 0.3 is 6.03 Å². The monoisotopic (exact) mass is 346 g/mol. The summed E-state index contributed by atoms with van der Waals surface area (Å²) in [7, 11) is 0. The second-order valence-electron chi connectivity index (χ2n) is 7.15. The van der Waals surface area contributed by atoms with Crippen molar-refractivity contribution in [2.45, 2.75) is 32.6 Å². The molecule has 2 aliphatic heterocycles. The van der Waals surface area contributed by atoms with Crippen LogP contribution >= 0.6 is 0 Å². The minimum absolute atomic E-state index is 0.00239. The van der Waals surface area contributed by atoms with Gasteiger partial charge in [0, 0.05) is 31.9 Å². The Kier molecular flexibility index (Phi) is 6.64. The van der Waals surface area contributed by atoms with Gasteiger partial charge in [-0.25, -0.2) is 4.79 Å². The zero-order valence-electron chi connectivity index (χ0n) is 15.2. The van der Waals surface area contributed by atoms with Gasteiger partial charge in [0.05, 0.1) is 25.1 Å². The highest BCUT2D eigenvalue weighted by molar-refractivity contribution is 5.89. The number of urea groups is 1. The number of piperidine rings is 1. The molecule has 2 saturated heterocycles. The molecule has 2 fully saturated rings. The number of aryl methyl sites for hydroxylation is 1. The van der Waals surface area contributed by atoms with Crippen LogP contribution in [0, 0.1) is 12.8 Å². The third-order valence-electron chi connectivity index (χ3n) is 5.25. The Hall–Kier alpha value is -1.66. The summed E-state index contributed by atoms with van der Waals surface area (Å²) in [6.07, 6.45) is 6.47. The van der Waals surface area contributed by atoms with Crippen LogP contribution in [0.1, 0.15) is 31.4 Å². The maximum absolute atomic E-state index is 12.3. The standard InChI is InChI=1S/C19H30N4O2/c1-16-4-5-18(15-20-16)21-19(24)23-9-6-17(7-10-23)3-2-8-22-11-13-25-14-12-22/h4-5,15,17H,2-3,6-14H2,1H3,(H,21,24). The zero-order chi connectivity index (χ0) is 17.5. The molecule has 1 aromatic rings. The number of nitrogens with one attached hydrogen (secondary N) is 1. The first kappa shape index (κ1) is 18.1. The molecular weight excluding hydrogens is 316 g/mol. The number of morpholine rings is 1. The van der Waals surface area contributed by atoms with E-state index >= 15 is 0 Å². The number of aromatic nitrogens is 1. The van der Waals surface area contributed by atoms with E-state index in [1.54, 1.807) is 6.20 Å². The molecule has 138 valence electrons. The summed E-state index contributed by atoms with van der Waals surface area (Å²) in [4.78, 5) is 21.0. The van der Waals surface area contributed by atoms with E-state index in [1.165, 1.54) is 19.4 Å². The fraction of sp³-hybridized carbons (Fsp3) is 0.684. The largest absolute Gasteiger partial charge is 0.379 e. The molecule has 0 unspecified atom stereocenters. The van der Waals surface area contributed by atoms with Crippen molar-refractivity contribution in [3.8, 4) is 0 Å². The van der Waals surface area contributed by atoms with Gasteiger partial charge in [-0.15, -0.1) is 0 Å². The molecule has 0 radical (unpaired) electrons. The van der Waals surface area contributed by atoms with Crippen molar-refractivity contribution in [3.05, 3.63) is 24.0 Å². The summed E-state index contributed by atoms with van der Waals surface area (Å²) in [5.41, 5.74) is 1.72. The molecule has 3 rings (SSSR count). The average molecular weight is 346 g/mol. The molecule has 0 aliphatic carbocycles. The number of amides is 2. The summed E-state index contributed by atoms with van der Waals surface area (Å²) >= 11 is 0. The first-order valence-corrected chi connectivity index (χ1v) is 9.49. The molecule has 3 heterocycles. The number of carbonyl (C=O) groups excluding carboxylic acids is 1. The highest BCUT2D eigenvalue weighted by atomic mass is 16.5. The van der Waals surface area contributed by atoms with Crippen molar-refractivity contribution in [1.82, 2.24) is 14.8 Å². The lowest BCUT2D eigenvalue weighted by Crippen LogP contribution is -2.41. The highest BCUT2D eigenvalue weighted by Crippen LogP contribution is 2.22. The number of rotatable bonds is 5. The van der Waals surface area contributed by atoms with E-state index < -0.39 is 0 Å². The molecule has 0 spiro atoms. The number of pyridine rings is 1. The van der Waals surface area contributed by atoms with E-state index in [0.717, 1.165) is 69.5 Å². The van der Waals surface area contributed by atoms with Crippen LogP contribution in [-0.2, 0) is 4.74 Å². The van der Waals surface area contributed by atoms with Crippen molar-refractivity contribution >= 4 is 11.7 Å². The molecule has 6 heteroatoms. The molecule has 1 aromatic heterocycles. The molecule has 1 N–H and O–H groups in total. The first-order chi connectivity index (χ1) is 12.2. The lowest BCUT2D eigenvalue weighted by Gasteiger charge is -2.32. The number of carbonyl (C=O) groups is 1. The number of ether oxygens (including phenoxy) is 1. The Bertz CT molecular complexity index is 535. The van der Waals surface area contributed by atoms with E-state index in [0.29, 0.717) is 0 Å². The van der Waals surface area contributed by atoms with Gasteiger partial charge in [0.2, 0.25) is 0 Å². The number of hydrogen-bond acceptors (Lipinski definition) is 4. The van der Waals surface area contributed by atoms with Gasteiger partial charge in [-0.1, -0.05) is 0 Å². The smallest absolute Gasteiger partial charge is 0.321 e. The topological polar surface area (TPSA) is 57.7 Å². The van der Waals surface area contributed by atoms with Crippen LogP contribution < -0.4 is 5.32 Å². The van der Waals surface area contributed by atoms with Crippen molar-refractivity contribution in [3.63, 3.8) is 0 Å². The SMILES string of the molecule is Cc1ccc(NC(=O)N2CCC(CCCN3CCOCC3)CC2)cn1. The normalized spacial score (nSPS) is 19.8. The van der Waals surface area contributed by atoms with Crippen LogP contribution in [-0.4, -0.2) is 66.8 Å². The zero-order valence-corrected chi connectivity index (χ0v) is 15.2. The predicted octanol–water partition coefficient (Wildman–Crippen LogP) is 2.75. The number of likely N-dealkylation sites (tertiary alicyclic amines) is 1. The molecular formula is C19H30N4O2. The minimum Gasteiger partial charge on any atom is -0.379 e. The molecule has 0 aromatic carbocycles. The van der Waals surface area contributed by atoms with E-state index in [9.17, 15) is 4.79 Å². The van der Waals surface area contributed by atoms with Gasteiger partial charge in [-0.3, -0.25) is 9.88 Å². The van der Waals surface area contributed by atoms with Crippen molar-refractivity contribution in [2.75, 3.05) is 51.3 Å². The Labute approximate surface area is 150 Å². The van der Waals surface area contributed by atoms with Crippen LogP contribution in [0.5, 0.6) is 0 Å². The van der Waals surface area contributed by atoms with Crippen LogP contribution in [0.3, 0.4) is 0 Å². The van der Waals surface area contributed by atoms with Gasteiger partial charge in [0.15, 0.2) is 0 Å². The summed E-state index contributed by atoms with van der Waals surface area (Å²) in [5.74, 6) is 0.756. The van der Waals surface area contributed by atoms with Crippen molar-refractivity contribution in [1.29, 1.82) is 0 Å². The second-order valence-corrected chi connectivity index (χ2v) is 7.15. The molecule has 25 heavy (non-hydrogen) atoms. The fourth-order valence-corrected chi connectivity index (χ4v) is 3.60. The van der Waals surface area contributed by atoms with Gasteiger partial charge in [0.25, 0.3) is 0 Å². The Morgan fingerprint density at radius 2 is 2.00 bits per heavy atom. The third kappa shape index (κ3) is 5.68. The molecule has 2 amide bonds. The minimum atomic E-state index is -0.00239. The fourth-order valence-electron chi connectivity index (χ4n) is 3.60. The summed E-state index contributed by atoms with van der Waals surface area (Å²) in [6.45, 7) is 8.74. The molecule has 0 saturated carbocycles. The maximum Gasteiger partial charge on any atom is 0.321 e. The van der Waals surface area contributed by atoms with Crippen LogP contribution in [0.25, 0.3) is 0 Å². The maximum atomic E-state index is 12.3. The summed E-state index contributed by atoms with van der Waals surface area (Å²) in [6, 6.07) is 3.81. The van der Waals surface area contributed by atoms with E-state index in [4.69, 9.17) is 4.74 Å². The highest BCUT2D eigenvalue weighted by Gasteiger charge is 2.23. The van der Waals surface area contributed by atoms with Crippen LogP contribution in [0.4, 0.5) is 10.5 Å². The molecule has 0 bridgehead atoms. The molecule has 2 aliphatic rings. The van der Waals surface area contributed by atoms with Crippen molar-refractivity contribution in [2.24, 2.45) is 5.92 Å². The van der Waals surface area contributed by atoms with E-state index in [2.05, 4.69) is 15.2 Å². The van der Waals surface area contributed by atoms with E-state index in [1.807, 2.05) is 24.0 Å². The average Bonchev–Trinajstić information content (AvgIpc) is 2.65.